The van der Waals surface area contributed by atoms with Gasteiger partial charge < -0.3 is 15.5 Å². The van der Waals surface area contributed by atoms with E-state index in [1.165, 1.54) is 18.3 Å². The van der Waals surface area contributed by atoms with Crippen LogP contribution in [-0.4, -0.2) is 48.0 Å². The van der Waals surface area contributed by atoms with E-state index in [1.807, 2.05) is 19.0 Å². The van der Waals surface area contributed by atoms with E-state index >= 15 is 0 Å². The van der Waals surface area contributed by atoms with Crippen LogP contribution in [0.2, 0.25) is 0 Å². The smallest absolute Gasteiger partial charge is 0.270 e. The topological polar surface area (TPSA) is 70.2 Å². The van der Waals surface area contributed by atoms with Crippen molar-refractivity contribution in [1.82, 2.24) is 20.2 Å². The van der Waals surface area contributed by atoms with Gasteiger partial charge in [0.2, 0.25) is 5.95 Å². The summed E-state index contributed by atoms with van der Waals surface area (Å²) >= 11 is 0. The number of amides is 1. The second-order valence-electron chi connectivity index (χ2n) is 5.05. The van der Waals surface area contributed by atoms with Gasteiger partial charge in [0.25, 0.3) is 5.91 Å². The van der Waals surface area contributed by atoms with Crippen molar-refractivity contribution in [3.05, 3.63) is 47.8 Å². The quantitative estimate of drug-likeness (QED) is 0.849. The number of hydrogen-bond donors (Lipinski definition) is 2. The molecule has 0 fully saturated rings. The lowest BCUT2D eigenvalue weighted by molar-refractivity contribution is 0.0946. The maximum atomic E-state index is 13.6. The molecule has 0 atom stereocenters. The van der Waals surface area contributed by atoms with Crippen molar-refractivity contribution in [2.24, 2.45) is 0 Å². The van der Waals surface area contributed by atoms with Gasteiger partial charge in [0.05, 0.1) is 0 Å². The number of aromatic nitrogens is 2. The number of halogens is 2. The van der Waals surface area contributed by atoms with Crippen molar-refractivity contribution in [1.29, 1.82) is 0 Å². The largest absolute Gasteiger partial charge is 0.349 e. The minimum atomic E-state index is -0.769. The molecule has 0 bridgehead atoms. The molecule has 6 nitrogen and oxygen atoms in total. The highest BCUT2D eigenvalue weighted by molar-refractivity contribution is 5.92. The van der Waals surface area contributed by atoms with E-state index in [0.717, 1.165) is 12.1 Å². The standard InChI is InChI=1S/C15H17F2N5O/c1-22(2)9-8-18-14(23)12-6-7-19-15(20-12)21-13-10(16)4-3-5-11(13)17/h3-7H,8-9H2,1-2H3,(H,18,23)(H,19,20,21). The molecule has 2 N–H and O–H groups in total. The molecule has 1 amide bonds. The normalized spacial score (nSPS) is 10.7. The summed E-state index contributed by atoms with van der Waals surface area (Å²) in [5.41, 5.74) is -0.254. The summed E-state index contributed by atoms with van der Waals surface area (Å²) in [5.74, 6) is -1.98. The second kappa shape index (κ2) is 7.59. The lowest BCUT2D eigenvalue weighted by atomic mass is 10.3. The number of anilines is 2. The fourth-order valence-electron chi connectivity index (χ4n) is 1.76. The van der Waals surface area contributed by atoms with Gasteiger partial charge in [-0.2, -0.15) is 0 Å². The van der Waals surface area contributed by atoms with Crippen LogP contribution in [0.4, 0.5) is 20.4 Å². The van der Waals surface area contributed by atoms with Gasteiger partial charge in [0, 0.05) is 19.3 Å². The summed E-state index contributed by atoms with van der Waals surface area (Å²) in [6.07, 6.45) is 1.34. The van der Waals surface area contributed by atoms with Gasteiger partial charge in [-0.3, -0.25) is 4.79 Å². The van der Waals surface area contributed by atoms with Crippen LogP contribution in [0.15, 0.2) is 30.5 Å². The number of benzene rings is 1. The Morgan fingerprint density at radius 1 is 1.22 bits per heavy atom. The van der Waals surface area contributed by atoms with Crippen molar-refractivity contribution in [3.63, 3.8) is 0 Å². The fraction of sp³-hybridized carbons (Fsp3) is 0.267. The van der Waals surface area contributed by atoms with E-state index in [9.17, 15) is 13.6 Å². The first-order valence-electron chi connectivity index (χ1n) is 6.94. The first-order chi connectivity index (χ1) is 11.0. The van der Waals surface area contributed by atoms with Crippen LogP contribution < -0.4 is 10.6 Å². The minimum Gasteiger partial charge on any atom is -0.349 e. The highest BCUT2D eigenvalue weighted by Crippen LogP contribution is 2.20. The number of hydrogen-bond acceptors (Lipinski definition) is 5. The Hall–Kier alpha value is -2.61. The predicted molar refractivity (Wildman–Crippen MR) is 82.6 cm³/mol. The number of rotatable bonds is 6. The SMILES string of the molecule is CN(C)CCNC(=O)c1ccnc(Nc2c(F)cccc2F)n1. The van der Waals surface area contributed by atoms with Gasteiger partial charge in [-0.25, -0.2) is 18.7 Å². The van der Waals surface area contributed by atoms with Crippen LogP contribution >= 0.6 is 0 Å². The molecular formula is C15H17F2N5O. The molecule has 0 aliphatic carbocycles. The second-order valence-corrected chi connectivity index (χ2v) is 5.05. The number of nitrogens with one attached hydrogen (secondary N) is 2. The van der Waals surface area contributed by atoms with Gasteiger partial charge in [-0.15, -0.1) is 0 Å². The van der Waals surface area contributed by atoms with Gasteiger partial charge in [0.15, 0.2) is 0 Å². The van der Waals surface area contributed by atoms with Crippen LogP contribution in [0.3, 0.4) is 0 Å². The predicted octanol–water partition coefficient (Wildman–Crippen LogP) is 1.79. The third kappa shape index (κ3) is 4.68. The van der Waals surface area contributed by atoms with E-state index in [-0.39, 0.29) is 23.2 Å². The highest BCUT2D eigenvalue weighted by Gasteiger charge is 2.12. The summed E-state index contributed by atoms with van der Waals surface area (Å²) < 4.78 is 27.2. The van der Waals surface area contributed by atoms with Gasteiger partial charge in [0.1, 0.15) is 23.0 Å². The van der Waals surface area contributed by atoms with Gasteiger partial charge >= 0.3 is 0 Å². The Labute approximate surface area is 132 Å². The van der Waals surface area contributed by atoms with Crippen LogP contribution in [0.5, 0.6) is 0 Å². The Morgan fingerprint density at radius 2 is 1.91 bits per heavy atom. The maximum Gasteiger partial charge on any atom is 0.270 e. The maximum absolute atomic E-state index is 13.6. The van der Waals surface area contributed by atoms with Crippen LogP contribution in [0.25, 0.3) is 0 Å². The fourth-order valence-corrected chi connectivity index (χ4v) is 1.76. The number of para-hydroxylation sites is 1. The molecule has 0 saturated carbocycles. The molecule has 0 spiro atoms. The van der Waals surface area contributed by atoms with E-state index in [0.29, 0.717) is 13.1 Å². The molecule has 0 saturated heterocycles. The molecule has 1 aromatic carbocycles. The summed E-state index contributed by atoms with van der Waals surface area (Å²) in [5, 5.41) is 5.15. The first kappa shape index (κ1) is 16.8. The summed E-state index contributed by atoms with van der Waals surface area (Å²) in [6, 6.07) is 4.91. The molecule has 8 heteroatoms. The number of nitrogens with zero attached hydrogens (tertiary/aromatic N) is 3. The first-order valence-corrected chi connectivity index (χ1v) is 6.94. The van der Waals surface area contributed by atoms with E-state index in [4.69, 9.17) is 0 Å². The van der Waals surface area contributed by atoms with Gasteiger partial charge in [-0.05, 0) is 32.3 Å². The molecule has 1 aromatic heterocycles. The molecule has 2 rings (SSSR count). The van der Waals surface area contributed by atoms with E-state index in [1.54, 1.807) is 0 Å². The Morgan fingerprint density at radius 3 is 2.57 bits per heavy atom. The minimum absolute atomic E-state index is 0.0609. The molecule has 0 unspecified atom stereocenters. The Kier molecular flexibility index (Phi) is 5.53. The zero-order valence-corrected chi connectivity index (χ0v) is 12.8. The van der Waals surface area contributed by atoms with Crippen molar-refractivity contribution < 1.29 is 13.6 Å². The highest BCUT2D eigenvalue weighted by atomic mass is 19.1. The summed E-state index contributed by atoms with van der Waals surface area (Å²) in [7, 11) is 3.78. The van der Waals surface area contributed by atoms with Crippen molar-refractivity contribution in [2.45, 2.75) is 0 Å². The van der Waals surface area contributed by atoms with Crippen molar-refractivity contribution >= 4 is 17.5 Å². The van der Waals surface area contributed by atoms with Crippen LogP contribution in [0.1, 0.15) is 10.5 Å². The van der Waals surface area contributed by atoms with Crippen LogP contribution in [-0.2, 0) is 0 Å². The monoisotopic (exact) mass is 321 g/mol. The number of likely N-dealkylation sites (N-methyl/N-ethyl adjacent to an activating group) is 1. The van der Waals surface area contributed by atoms with E-state index in [2.05, 4.69) is 20.6 Å². The number of carbonyl (C=O) groups excluding carboxylic acids is 1. The molecule has 122 valence electrons. The Bertz CT molecular complexity index is 673. The molecule has 0 aliphatic rings. The molecular weight excluding hydrogens is 304 g/mol. The average Bonchev–Trinajstić information content (AvgIpc) is 2.51. The van der Waals surface area contributed by atoms with Crippen LogP contribution in [0, 0.1) is 11.6 Å². The summed E-state index contributed by atoms with van der Waals surface area (Å²) in [6.45, 7) is 1.14. The van der Waals surface area contributed by atoms with Crippen molar-refractivity contribution in [2.75, 3.05) is 32.5 Å². The lowest BCUT2D eigenvalue weighted by Gasteiger charge is -2.11. The molecule has 2 aromatic rings. The number of carbonyl (C=O) groups is 1. The Balaban J connectivity index is 2.09. The molecule has 23 heavy (non-hydrogen) atoms. The third-order valence-corrected chi connectivity index (χ3v) is 2.93. The summed E-state index contributed by atoms with van der Waals surface area (Å²) in [4.78, 5) is 21.7. The third-order valence-electron chi connectivity index (χ3n) is 2.93. The van der Waals surface area contributed by atoms with E-state index < -0.39 is 11.6 Å². The van der Waals surface area contributed by atoms with Gasteiger partial charge in [-0.1, -0.05) is 6.07 Å². The lowest BCUT2D eigenvalue weighted by Crippen LogP contribution is -2.31. The molecule has 1 heterocycles. The zero-order chi connectivity index (χ0) is 16.8. The van der Waals surface area contributed by atoms with Crippen molar-refractivity contribution in [3.8, 4) is 0 Å². The average molecular weight is 321 g/mol. The molecule has 0 aliphatic heterocycles. The molecule has 0 radical (unpaired) electrons. The zero-order valence-electron chi connectivity index (χ0n) is 12.8.